The Labute approximate surface area is 174 Å². The molecule has 1 amide bonds. The van der Waals surface area contributed by atoms with Gasteiger partial charge in [-0.25, -0.2) is 0 Å². The molecule has 6 nitrogen and oxygen atoms in total. The Hall–Kier alpha value is -2.38. The fraction of sp³-hybridized carbons (Fsp3) is 0.333. The summed E-state index contributed by atoms with van der Waals surface area (Å²) >= 11 is 3.37. The van der Waals surface area contributed by atoms with E-state index in [1.807, 2.05) is 49.4 Å². The molecular weight excluding hydrogens is 420 g/mol. The summed E-state index contributed by atoms with van der Waals surface area (Å²) in [6.45, 7) is 4.24. The van der Waals surface area contributed by atoms with Crippen molar-refractivity contribution in [2.45, 2.75) is 12.8 Å². The number of nitrogens with zero attached hydrogens (tertiary/aromatic N) is 1. The number of aliphatic hydroxyl groups excluding tert-OH is 1. The van der Waals surface area contributed by atoms with Gasteiger partial charge in [0.1, 0.15) is 0 Å². The van der Waals surface area contributed by atoms with Crippen LogP contribution in [0.5, 0.6) is 0 Å². The van der Waals surface area contributed by atoms with Gasteiger partial charge >= 0.3 is 0 Å². The van der Waals surface area contributed by atoms with Gasteiger partial charge in [0.15, 0.2) is 5.96 Å². The molecule has 1 atom stereocenters. The van der Waals surface area contributed by atoms with Gasteiger partial charge in [0, 0.05) is 35.6 Å². The maximum Gasteiger partial charge on any atom is 0.251 e. The van der Waals surface area contributed by atoms with Crippen molar-refractivity contribution >= 4 is 27.8 Å². The van der Waals surface area contributed by atoms with Gasteiger partial charge in [-0.2, -0.15) is 0 Å². The van der Waals surface area contributed by atoms with Crippen LogP contribution in [0.1, 0.15) is 28.8 Å². The van der Waals surface area contributed by atoms with Crippen LogP contribution in [0.3, 0.4) is 0 Å². The number of halogens is 1. The van der Waals surface area contributed by atoms with Gasteiger partial charge in [0.05, 0.1) is 13.2 Å². The first-order valence-electron chi connectivity index (χ1n) is 9.35. The van der Waals surface area contributed by atoms with Gasteiger partial charge in [-0.1, -0.05) is 52.3 Å². The molecule has 0 spiro atoms. The molecule has 0 aromatic heterocycles. The van der Waals surface area contributed by atoms with Crippen molar-refractivity contribution in [1.29, 1.82) is 0 Å². The normalized spacial score (nSPS) is 12.3. The second-order valence-electron chi connectivity index (χ2n) is 6.20. The summed E-state index contributed by atoms with van der Waals surface area (Å²) in [5, 5.41) is 18.9. The van der Waals surface area contributed by atoms with Crippen LogP contribution in [0, 0.1) is 0 Å². The van der Waals surface area contributed by atoms with Crippen molar-refractivity contribution in [2.75, 3.05) is 32.8 Å². The lowest BCUT2D eigenvalue weighted by Crippen LogP contribution is -2.41. The highest BCUT2D eigenvalue weighted by atomic mass is 79.9. The predicted molar refractivity (Wildman–Crippen MR) is 117 cm³/mol. The number of amides is 1. The standard InChI is InChI=1S/C21H27BrN4O2/c1-2-23-21(26-14-18(15-27)16-7-4-3-5-8-16)25-12-11-24-20(28)17-9-6-10-19(22)13-17/h3-10,13,18,27H,2,11-12,14-15H2,1H3,(H,24,28)(H2,23,25,26). The number of hydrogen-bond donors (Lipinski definition) is 4. The van der Waals surface area contributed by atoms with E-state index >= 15 is 0 Å². The maximum atomic E-state index is 12.1. The highest BCUT2D eigenvalue weighted by Gasteiger charge is 2.10. The van der Waals surface area contributed by atoms with E-state index in [0.29, 0.717) is 31.2 Å². The fourth-order valence-corrected chi connectivity index (χ4v) is 3.02. The number of carbonyl (C=O) groups is 1. The number of guanidine groups is 1. The molecule has 0 aliphatic carbocycles. The molecule has 2 rings (SSSR count). The minimum Gasteiger partial charge on any atom is -0.396 e. The van der Waals surface area contributed by atoms with E-state index in [0.717, 1.165) is 16.6 Å². The molecule has 7 heteroatoms. The molecule has 0 saturated heterocycles. The number of carbonyl (C=O) groups excluding carboxylic acids is 1. The van der Waals surface area contributed by atoms with Crippen LogP contribution in [0.25, 0.3) is 0 Å². The van der Waals surface area contributed by atoms with Crippen molar-refractivity contribution in [3.63, 3.8) is 0 Å². The molecule has 0 radical (unpaired) electrons. The molecule has 0 saturated carbocycles. The summed E-state index contributed by atoms with van der Waals surface area (Å²) in [5.74, 6) is 0.496. The maximum absolute atomic E-state index is 12.1. The van der Waals surface area contributed by atoms with Crippen molar-refractivity contribution in [1.82, 2.24) is 16.0 Å². The van der Waals surface area contributed by atoms with Gasteiger partial charge in [0.25, 0.3) is 5.91 Å². The zero-order chi connectivity index (χ0) is 20.2. The van der Waals surface area contributed by atoms with Crippen LogP contribution in [0.4, 0.5) is 0 Å². The van der Waals surface area contributed by atoms with Gasteiger partial charge < -0.3 is 21.1 Å². The first-order chi connectivity index (χ1) is 13.6. The quantitative estimate of drug-likeness (QED) is 0.270. The monoisotopic (exact) mass is 446 g/mol. The smallest absolute Gasteiger partial charge is 0.251 e. The fourth-order valence-electron chi connectivity index (χ4n) is 2.63. The number of nitrogens with one attached hydrogen (secondary N) is 3. The van der Waals surface area contributed by atoms with E-state index < -0.39 is 0 Å². The Morgan fingerprint density at radius 3 is 2.50 bits per heavy atom. The first kappa shape index (κ1) is 21.9. The average Bonchev–Trinajstić information content (AvgIpc) is 2.72. The van der Waals surface area contributed by atoms with Crippen molar-refractivity contribution in [3.05, 3.63) is 70.2 Å². The second-order valence-corrected chi connectivity index (χ2v) is 7.12. The van der Waals surface area contributed by atoms with Crippen LogP contribution < -0.4 is 16.0 Å². The highest BCUT2D eigenvalue weighted by molar-refractivity contribution is 9.10. The molecule has 28 heavy (non-hydrogen) atoms. The van der Waals surface area contributed by atoms with Crippen LogP contribution >= 0.6 is 15.9 Å². The van der Waals surface area contributed by atoms with Crippen LogP contribution in [-0.2, 0) is 0 Å². The van der Waals surface area contributed by atoms with Gasteiger partial charge in [-0.3, -0.25) is 9.79 Å². The van der Waals surface area contributed by atoms with Crippen LogP contribution in [0.15, 0.2) is 64.1 Å². The van der Waals surface area contributed by atoms with E-state index in [2.05, 4.69) is 36.9 Å². The number of rotatable bonds is 9. The largest absolute Gasteiger partial charge is 0.396 e. The molecule has 0 fully saturated rings. The Kier molecular flexibility index (Phi) is 9.51. The molecule has 2 aromatic carbocycles. The molecule has 0 aliphatic rings. The van der Waals surface area contributed by atoms with Gasteiger partial charge in [0.2, 0.25) is 0 Å². The Morgan fingerprint density at radius 2 is 1.82 bits per heavy atom. The third-order valence-corrected chi connectivity index (χ3v) is 4.59. The zero-order valence-electron chi connectivity index (χ0n) is 16.0. The molecule has 0 bridgehead atoms. The number of hydrogen-bond acceptors (Lipinski definition) is 3. The summed E-state index contributed by atoms with van der Waals surface area (Å²) in [4.78, 5) is 16.7. The topological polar surface area (TPSA) is 85.8 Å². The van der Waals surface area contributed by atoms with E-state index in [4.69, 9.17) is 0 Å². The number of benzene rings is 2. The molecule has 2 aromatic rings. The Morgan fingerprint density at radius 1 is 1.07 bits per heavy atom. The molecule has 150 valence electrons. The predicted octanol–water partition coefficient (Wildman–Crippen LogP) is 2.51. The zero-order valence-corrected chi connectivity index (χ0v) is 17.6. The molecular formula is C21H27BrN4O2. The molecule has 0 heterocycles. The van der Waals surface area contributed by atoms with E-state index in [-0.39, 0.29) is 18.4 Å². The van der Waals surface area contributed by atoms with Crippen molar-refractivity contribution in [3.8, 4) is 0 Å². The minimum absolute atomic E-state index is 0.0373. The van der Waals surface area contributed by atoms with Crippen LogP contribution in [0.2, 0.25) is 0 Å². The van der Waals surface area contributed by atoms with E-state index in [1.54, 1.807) is 12.1 Å². The SMILES string of the molecule is CCNC(=NCC(CO)c1ccccc1)NCCNC(=O)c1cccc(Br)c1. The minimum atomic E-state index is -0.116. The summed E-state index contributed by atoms with van der Waals surface area (Å²) < 4.78 is 0.872. The first-order valence-corrected chi connectivity index (χ1v) is 10.1. The summed E-state index contributed by atoms with van der Waals surface area (Å²) in [7, 11) is 0. The summed E-state index contributed by atoms with van der Waals surface area (Å²) in [5.41, 5.74) is 1.68. The van der Waals surface area contributed by atoms with E-state index in [1.165, 1.54) is 0 Å². The van der Waals surface area contributed by atoms with E-state index in [9.17, 15) is 9.90 Å². The Bertz CT molecular complexity index is 768. The van der Waals surface area contributed by atoms with Gasteiger partial charge in [-0.05, 0) is 30.7 Å². The number of aliphatic hydroxyl groups is 1. The summed E-state index contributed by atoms with van der Waals surface area (Å²) in [6, 6.07) is 17.1. The lowest BCUT2D eigenvalue weighted by molar-refractivity contribution is 0.0954. The van der Waals surface area contributed by atoms with Crippen molar-refractivity contribution in [2.24, 2.45) is 4.99 Å². The Balaban J connectivity index is 1.83. The molecule has 0 aliphatic heterocycles. The third kappa shape index (κ3) is 7.32. The lowest BCUT2D eigenvalue weighted by Gasteiger charge is -2.15. The number of aliphatic imine (C=N–C) groups is 1. The van der Waals surface area contributed by atoms with Crippen molar-refractivity contribution < 1.29 is 9.90 Å². The highest BCUT2D eigenvalue weighted by Crippen LogP contribution is 2.15. The second kappa shape index (κ2) is 12.2. The molecule has 4 N–H and O–H groups in total. The summed E-state index contributed by atoms with van der Waals surface area (Å²) in [6.07, 6.45) is 0. The molecule has 1 unspecified atom stereocenters. The lowest BCUT2D eigenvalue weighted by atomic mass is 10.0. The average molecular weight is 447 g/mol. The van der Waals surface area contributed by atoms with Gasteiger partial charge in [-0.15, -0.1) is 0 Å². The third-order valence-electron chi connectivity index (χ3n) is 4.10. The van der Waals surface area contributed by atoms with Crippen LogP contribution in [-0.4, -0.2) is 49.8 Å².